The summed E-state index contributed by atoms with van der Waals surface area (Å²) in [7, 11) is 4.56. The Balaban J connectivity index is 1.69. The topological polar surface area (TPSA) is 98.8 Å². The van der Waals surface area contributed by atoms with Crippen molar-refractivity contribution in [1.29, 1.82) is 0 Å². The van der Waals surface area contributed by atoms with Gasteiger partial charge in [-0.25, -0.2) is 0 Å². The van der Waals surface area contributed by atoms with Crippen LogP contribution < -0.4 is 24.8 Å². The first-order valence-electron chi connectivity index (χ1n) is 9.44. The molecule has 0 aliphatic heterocycles. The molecule has 0 aliphatic carbocycles. The molecule has 0 radical (unpaired) electrons. The summed E-state index contributed by atoms with van der Waals surface area (Å²) < 4.78 is 16.0. The van der Waals surface area contributed by atoms with Crippen LogP contribution in [0, 0.1) is 0 Å². The van der Waals surface area contributed by atoms with E-state index in [0.717, 1.165) is 0 Å². The van der Waals surface area contributed by atoms with E-state index in [1.807, 2.05) is 0 Å². The summed E-state index contributed by atoms with van der Waals surface area (Å²) in [6.45, 7) is 0. The molecule has 8 heteroatoms. The van der Waals surface area contributed by atoms with Gasteiger partial charge in [-0.15, -0.1) is 0 Å². The maximum absolute atomic E-state index is 12.6. The number of carbonyl (C=O) groups excluding carboxylic acids is 2. The van der Waals surface area contributed by atoms with Gasteiger partial charge in [-0.1, -0.05) is 6.07 Å². The van der Waals surface area contributed by atoms with E-state index in [2.05, 4.69) is 15.6 Å². The summed E-state index contributed by atoms with van der Waals surface area (Å²) in [6.07, 6.45) is 3.18. The second-order valence-corrected chi connectivity index (χ2v) is 6.54. The van der Waals surface area contributed by atoms with Crippen molar-refractivity contribution >= 4 is 23.2 Å². The van der Waals surface area contributed by atoms with E-state index in [9.17, 15) is 9.59 Å². The van der Waals surface area contributed by atoms with E-state index in [4.69, 9.17) is 14.2 Å². The number of ether oxygens (including phenoxy) is 3. The van der Waals surface area contributed by atoms with Gasteiger partial charge in [0.15, 0.2) is 11.5 Å². The number of hydrogen-bond acceptors (Lipinski definition) is 6. The van der Waals surface area contributed by atoms with E-state index in [1.165, 1.54) is 27.5 Å². The Morgan fingerprint density at radius 3 is 2.13 bits per heavy atom. The largest absolute Gasteiger partial charge is 0.493 e. The van der Waals surface area contributed by atoms with Gasteiger partial charge in [0.1, 0.15) is 0 Å². The number of aromatic nitrogens is 1. The fourth-order valence-electron chi connectivity index (χ4n) is 3.00. The molecule has 160 valence electrons. The molecular formula is C23H23N3O5. The third-order valence-corrected chi connectivity index (χ3v) is 4.42. The number of hydrogen-bond donors (Lipinski definition) is 2. The van der Waals surface area contributed by atoms with E-state index in [1.54, 1.807) is 54.7 Å². The maximum atomic E-state index is 12.6. The van der Waals surface area contributed by atoms with Crippen molar-refractivity contribution in [3.8, 4) is 17.2 Å². The molecule has 8 nitrogen and oxygen atoms in total. The van der Waals surface area contributed by atoms with Gasteiger partial charge in [-0.05, 0) is 48.0 Å². The minimum absolute atomic E-state index is 0.100. The fourth-order valence-corrected chi connectivity index (χ4v) is 3.00. The van der Waals surface area contributed by atoms with Gasteiger partial charge < -0.3 is 24.8 Å². The van der Waals surface area contributed by atoms with Gasteiger partial charge in [-0.3, -0.25) is 14.6 Å². The van der Waals surface area contributed by atoms with Gasteiger partial charge in [0.05, 0.1) is 33.3 Å². The monoisotopic (exact) mass is 421 g/mol. The van der Waals surface area contributed by atoms with Crippen molar-refractivity contribution in [3.63, 3.8) is 0 Å². The highest BCUT2D eigenvalue weighted by atomic mass is 16.5. The number of anilines is 2. The summed E-state index contributed by atoms with van der Waals surface area (Å²) in [5.41, 5.74) is 2.26. The maximum Gasteiger partial charge on any atom is 0.257 e. The quantitative estimate of drug-likeness (QED) is 0.577. The third kappa shape index (κ3) is 5.51. The first kappa shape index (κ1) is 21.6. The number of carbonyl (C=O) groups is 2. The standard InChI is InChI=1S/C23H23N3O5/c1-29-19-10-15(11-20(30-2)22(19)31-3)12-21(27)25-17-7-4-8-18(13-17)26-23(28)16-6-5-9-24-14-16/h4-11,13-14H,12H2,1-3H3,(H,25,27)(H,26,28). The van der Waals surface area contributed by atoms with Gasteiger partial charge in [0, 0.05) is 23.8 Å². The third-order valence-electron chi connectivity index (χ3n) is 4.42. The molecule has 2 amide bonds. The van der Waals surface area contributed by atoms with Crippen LogP contribution in [0.25, 0.3) is 0 Å². The van der Waals surface area contributed by atoms with Crippen molar-refractivity contribution < 1.29 is 23.8 Å². The minimum Gasteiger partial charge on any atom is -0.493 e. The van der Waals surface area contributed by atoms with Crippen LogP contribution in [0.1, 0.15) is 15.9 Å². The van der Waals surface area contributed by atoms with E-state index < -0.39 is 0 Å². The lowest BCUT2D eigenvalue weighted by Gasteiger charge is -2.14. The Morgan fingerprint density at radius 2 is 1.55 bits per heavy atom. The SMILES string of the molecule is COc1cc(CC(=O)Nc2cccc(NC(=O)c3cccnc3)c2)cc(OC)c1OC. The molecule has 0 atom stereocenters. The Labute approximate surface area is 180 Å². The predicted molar refractivity (Wildman–Crippen MR) is 117 cm³/mol. The van der Waals surface area contributed by atoms with Crippen molar-refractivity contribution in [2.75, 3.05) is 32.0 Å². The molecule has 3 aromatic rings. The Bertz CT molecular complexity index is 1040. The second-order valence-electron chi connectivity index (χ2n) is 6.54. The van der Waals surface area contributed by atoms with Crippen LogP contribution in [-0.2, 0) is 11.2 Å². The first-order valence-corrected chi connectivity index (χ1v) is 9.44. The lowest BCUT2D eigenvalue weighted by Crippen LogP contribution is -2.15. The Hall–Kier alpha value is -4.07. The molecular weight excluding hydrogens is 398 g/mol. The average Bonchev–Trinajstić information content (AvgIpc) is 2.79. The zero-order chi connectivity index (χ0) is 22.2. The number of methoxy groups -OCH3 is 3. The highest BCUT2D eigenvalue weighted by Crippen LogP contribution is 2.38. The zero-order valence-corrected chi connectivity index (χ0v) is 17.5. The fraction of sp³-hybridized carbons (Fsp3) is 0.174. The molecule has 0 unspecified atom stereocenters. The van der Waals surface area contributed by atoms with E-state index in [0.29, 0.717) is 39.8 Å². The van der Waals surface area contributed by atoms with Gasteiger partial charge in [0.25, 0.3) is 5.91 Å². The number of benzene rings is 2. The second kappa shape index (κ2) is 10.1. The Kier molecular flexibility index (Phi) is 7.05. The number of amides is 2. The molecule has 0 bridgehead atoms. The van der Waals surface area contributed by atoms with Crippen LogP contribution in [0.5, 0.6) is 17.2 Å². The molecule has 31 heavy (non-hydrogen) atoms. The average molecular weight is 421 g/mol. The molecule has 0 spiro atoms. The summed E-state index contributed by atoms with van der Waals surface area (Å²) >= 11 is 0. The zero-order valence-electron chi connectivity index (χ0n) is 17.5. The molecule has 0 saturated carbocycles. The predicted octanol–water partition coefficient (Wildman–Crippen LogP) is 3.54. The van der Waals surface area contributed by atoms with Crippen molar-refractivity contribution in [2.24, 2.45) is 0 Å². The molecule has 1 heterocycles. The van der Waals surface area contributed by atoms with Gasteiger partial charge in [-0.2, -0.15) is 0 Å². The lowest BCUT2D eigenvalue weighted by atomic mass is 10.1. The number of nitrogens with zero attached hydrogens (tertiary/aromatic N) is 1. The van der Waals surface area contributed by atoms with E-state index in [-0.39, 0.29) is 18.2 Å². The molecule has 2 N–H and O–H groups in total. The molecule has 0 fully saturated rings. The van der Waals surface area contributed by atoms with Crippen molar-refractivity contribution in [1.82, 2.24) is 4.98 Å². The van der Waals surface area contributed by atoms with Crippen molar-refractivity contribution in [2.45, 2.75) is 6.42 Å². The molecule has 3 rings (SSSR count). The lowest BCUT2D eigenvalue weighted by molar-refractivity contribution is -0.115. The molecule has 2 aromatic carbocycles. The van der Waals surface area contributed by atoms with Gasteiger partial charge >= 0.3 is 0 Å². The number of nitrogens with one attached hydrogen (secondary N) is 2. The summed E-state index contributed by atoms with van der Waals surface area (Å²) in [4.78, 5) is 28.8. The summed E-state index contributed by atoms with van der Waals surface area (Å²) in [5.74, 6) is 0.903. The molecule has 0 aliphatic rings. The van der Waals surface area contributed by atoms with Crippen LogP contribution in [-0.4, -0.2) is 38.1 Å². The van der Waals surface area contributed by atoms with Crippen LogP contribution in [0.4, 0.5) is 11.4 Å². The molecule has 1 aromatic heterocycles. The highest BCUT2D eigenvalue weighted by molar-refractivity contribution is 6.04. The summed E-state index contributed by atoms with van der Waals surface area (Å²) in [6, 6.07) is 13.7. The van der Waals surface area contributed by atoms with Crippen LogP contribution in [0.2, 0.25) is 0 Å². The highest BCUT2D eigenvalue weighted by Gasteiger charge is 2.15. The van der Waals surface area contributed by atoms with E-state index >= 15 is 0 Å². The number of pyridine rings is 1. The smallest absolute Gasteiger partial charge is 0.257 e. The van der Waals surface area contributed by atoms with Crippen LogP contribution in [0.3, 0.4) is 0 Å². The summed E-state index contributed by atoms with van der Waals surface area (Å²) in [5, 5.41) is 5.62. The first-order chi connectivity index (χ1) is 15.0. The Morgan fingerprint density at radius 1 is 0.871 bits per heavy atom. The van der Waals surface area contributed by atoms with Crippen LogP contribution in [0.15, 0.2) is 60.9 Å². The molecule has 0 saturated heterocycles. The van der Waals surface area contributed by atoms with Gasteiger partial charge in [0.2, 0.25) is 11.7 Å². The van der Waals surface area contributed by atoms with Crippen molar-refractivity contribution in [3.05, 3.63) is 72.1 Å². The minimum atomic E-state index is -0.283. The normalized spacial score (nSPS) is 10.2. The van der Waals surface area contributed by atoms with Crippen LogP contribution >= 0.6 is 0 Å². The number of rotatable bonds is 8.